The van der Waals surface area contributed by atoms with Crippen molar-refractivity contribution in [1.82, 2.24) is 21.1 Å². The Morgan fingerprint density at radius 2 is 1.48 bits per heavy atom. The van der Waals surface area contributed by atoms with Gasteiger partial charge in [0.25, 0.3) is 0 Å². The highest BCUT2D eigenvalue weighted by atomic mass is 19.4. The summed E-state index contributed by atoms with van der Waals surface area (Å²) in [5.74, 6) is -0.318. The molecule has 1 aliphatic heterocycles. The zero-order valence-corrected chi connectivity index (χ0v) is 24.7. The topological polar surface area (TPSA) is 91.2 Å². The van der Waals surface area contributed by atoms with Gasteiger partial charge in [-0.05, 0) is 59.7 Å². The predicted octanol–water partition coefficient (Wildman–Crippen LogP) is 5.67. The Labute approximate surface area is 269 Å². The highest BCUT2D eigenvalue weighted by Crippen LogP contribution is 2.46. The summed E-state index contributed by atoms with van der Waals surface area (Å²) >= 11 is 0. The maximum absolute atomic E-state index is 15.9. The van der Waals surface area contributed by atoms with Gasteiger partial charge in [0.1, 0.15) is 42.6 Å². The Morgan fingerprint density at radius 3 is 2.08 bits per heavy atom. The molecular formula is C33H26F7N5O3. The molecule has 0 saturated heterocycles. The van der Waals surface area contributed by atoms with E-state index in [9.17, 15) is 27.1 Å². The van der Waals surface area contributed by atoms with Crippen LogP contribution in [0.2, 0.25) is 0 Å². The fourth-order valence-electron chi connectivity index (χ4n) is 4.55. The number of β-amino-alcohol motifs (C(OH)–C–C–N with tert-alkyl or cyclic N) is 1. The zero-order valence-electron chi connectivity index (χ0n) is 24.7. The molecule has 0 bridgehead atoms. The molecule has 8 nitrogen and oxygen atoms in total. The number of hydrazine groups is 2. The number of ether oxygens (including phenoxy) is 2. The van der Waals surface area contributed by atoms with E-state index in [1.165, 1.54) is 6.07 Å². The molecule has 15 heteroatoms. The Kier molecular flexibility index (Phi) is 10.2. The van der Waals surface area contributed by atoms with Crippen LogP contribution in [0.5, 0.6) is 5.75 Å². The molecule has 0 amide bonds. The first-order valence-corrected chi connectivity index (χ1v) is 14.1. The summed E-state index contributed by atoms with van der Waals surface area (Å²) in [5, 5.41) is 15.9. The van der Waals surface area contributed by atoms with E-state index < -0.39 is 53.7 Å². The largest absolute Gasteiger partial charge is 0.489 e. The number of aliphatic hydroxyl groups is 1. The van der Waals surface area contributed by atoms with Crippen LogP contribution in [0.1, 0.15) is 33.5 Å². The van der Waals surface area contributed by atoms with Crippen molar-refractivity contribution in [2.45, 2.75) is 30.9 Å². The second kappa shape index (κ2) is 14.3. The SMILES string of the molecule is OC(CN1C=NNN1)(c1ccc(F)cc1F)C(F)(F)c1ccc(C#Cc2ccc(OCc3ccc(COCC(F)(F)F)cc3)cc2)cn1. The van der Waals surface area contributed by atoms with Gasteiger partial charge >= 0.3 is 12.1 Å². The number of pyridine rings is 1. The number of nitrogens with zero attached hydrogens (tertiary/aromatic N) is 3. The van der Waals surface area contributed by atoms with E-state index >= 15 is 8.78 Å². The Balaban J connectivity index is 1.22. The molecular weight excluding hydrogens is 647 g/mol. The van der Waals surface area contributed by atoms with E-state index in [0.717, 1.165) is 41.3 Å². The number of alkyl halides is 5. The minimum atomic E-state index is -4.38. The van der Waals surface area contributed by atoms with Gasteiger partial charge in [0.15, 0.2) is 5.60 Å². The third-order valence-corrected chi connectivity index (χ3v) is 7.00. The van der Waals surface area contributed by atoms with E-state index in [2.05, 4.69) is 37.7 Å². The van der Waals surface area contributed by atoms with Crippen LogP contribution in [0.3, 0.4) is 0 Å². The number of benzene rings is 3. The number of hydrazone groups is 1. The van der Waals surface area contributed by atoms with Crippen LogP contribution in [0.15, 0.2) is 90.2 Å². The molecule has 0 saturated carbocycles. The lowest BCUT2D eigenvalue weighted by Gasteiger charge is -2.38. The van der Waals surface area contributed by atoms with Gasteiger partial charge < -0.3 is 14.6 Å². The first-order valence-electron chi connectivity index (χ1n) is 14.1. The van der Waals surface area contributed by atoms with Crippen molar-refractivity contribution in [3.05, 3.63) is 130 Å². The average molecular weight is 674 g/mol. The van der Waals surface area contributed by atoms with Crippen LogP contribution < -0.4 is 15.8 Å². The van der Waals surface area contributed by atoms with Crippen LogP contribution in [0.25, 0.3) is 0 Å². The summed E-state index contributed by atoms with van der Waals surface area (Å²) in [6, 6.07) is 17.6. The first-order chi connectivity index (χ1) is 22.8. The summed E-state index contributed by atoms with van der Waals surface area (Å²) < 4.78 is 107. The molecule has 5 rings (SSSR count). The van der Waals surface area contributed by atoms with Crippen molar-refractivity contribution in [3.8, 4) is 17.6 Å². The molecule has 1 unspecified atom stereocenters. The molecule has 4 aromatic rings. The van der Waals surface area contributed by atoms with Crippen molar-refractivity contribution >= 4 is 6.34 Å². The molecule has 0 aliphatic carbocycles. The first kappa shape index (κ1) is 34.2. The van der Waals surface area contributed by atoms with E-state index in [1.807, 2.05) is 0 Å². The monoisotopic (exact) mass is 673 g/mol. The smallest absolute Gasteiger partial charge is 0.411 e. The van der Waals surface area contributed by atoms with E-state index in [-0.39, 0.29) is 18.8 Å². The summed E-state index contributed by atoms with van der Waals surface area (Å²) in [5.41, 5.74) is 1.99. The van der Waals surface area contributed by atoms with Crippen molar-refractivity contribution < 1.29 is 45.3 Å². The Bertz CT molecular complexity index is 1790. The van der Waals surface area contributed by atoms with Gasteiger partial charge in [0, 0.05) is 29.0 Å². The zero-order chi connectivity index (χ0) is 34.4. The van der Waals surface area contributed by atoms with Gasteiger partial charge in [-0.25, -0.2) is 14.3 Å². The minimum Gasteiger partial charge on any atom is -0.489 e. The van der Waals surface area contributed by atoms with E-state index in [0.29, 0.717) is 22.9 Å². The van der Waals surface area contributed by atoms with Gasteiger partial charge in [-0.2, -0.15) is 27.1 Å². The van der Waals surface area contributed by atoms with Crippen LogP contribution in [-0.2, 0) is 29.5 Å². The molecule has 1 aromatic heterocycles. The van der Waals surface area contributed by atoms with Gasteiger partial charge in [-0.1, -0.05) is 36.1 Å². The molecule has 1 aliphatic rings. The van der Waals surface area contributed by atoms with E-state index in [1.54, 1.807) is 48.5 Å². The normalized spacial score (nSPS) is 14.2. The standard InChI is InChI=1S/C33H26F7N5O3/c34-26-10-13-28(29(35)15-26)31(46,19-45-21-42-43-44-45)33(39,40)30-14-9-23(16-41-30)2-1-22-7-11-27(12-8-22)48-18-25-5-3-24(4-6-25)17-47-20-32(36,37)38/h3-16,21,43-44,46H,17-20H2. The highest BCUT2D eigenvalue weighted by molar-refractivity contribution is 5.55. The van der Waals surface area contributed by atoms with Crippen molar-refractivity contribution in [3.63, 3.8) is 0 Å². The van der Waals surface area contributed by atoms with Crippen LogP contribution in [0.4, 0.5) is 30.7 Å². The molecule has 3 aromatic carbocycles. The fraction of sp³-hybridized carbons (Fsp3) is 0.212. The average Bonchev–Trinajstić information content (AvgIpc) is 3.56. The number of hydrogen-bond acceptors (Lipinski definition) is 8. The number of aromatic nitrogens is 1. The summed E-state index contributed by atoms with van der Waals surface area (Å²) in [7, 11) is 0. The predicted molar refractivity (Wildman–Crippen MR) is 159 cm³/mol. The highest BCUT2D eigenvalue weighted by Gasteiger charge is 2.58. The number of halogens is 7. The molecule has 2 heterocycles. The third-order valence-electron chi connectivity index (χ3n) is 7.00. The lowest BCUT2D eigenvalue weighted by Crippen LogP contribution is -2.54. The van der Waals surface area contributed by atoms with Gasteiger partial charge in [-0.3, -0.25) is 9.99 Å². The lowest BCUT2D eigenvalue weighted by atomic mass is 9.84. The lowest BCUT2D eigenvalue weighted by molar-refractivity contribution is -0.206. The van der Waals surface area contributed by atoms with Crippen molar-refractivity contribution in [2.75, 3.05) is 13.2 Å². The van der Waals surface area contributed by atoms with Crippen molar-refractivity contribution in [2.24, 2.45) is 5.10 Å². The molecule has 0 spiro atoms. The summed E-state index contributed by atoms with van der Waals surface area (Å²) in [6.45, 7) is -2.17. The van der Waals surface area contributed by atoms with Crippen LogP contribution >= 0.6 is 0 Å². The second-order valence-corrected chi connectivity index (χ2v) is 10.6. The molecule has 0 radical (unpaired) electrons. The van der Waals surface area contributed by atoms with Gasteiger partial charge in [0.05, 0.1) is 13.2 Å². The van der Waals surface area contributed by atoms with Crippen LogP contribution in [0, 0.1) is 23.5 Å². The molecule has 250 valence electrons. The molecule has 0 fully saturated rings. The molecule has 48 heavy (non-hydrogen) atoms. The second-order valence-electron chi connectivity index (χ2n) is 10.6. The number of nitrogens with one attached hydrogen (secondary N) is 2. The molecule has 3 N–H and O–H groups in total. The Morgan fingerprint density at radius 1 is 0.812 bits per heavy atom. The maximum atomic E-state index is 15.9. The number of rotatable bonds is 11. The summed E-state index contributed by atoms with van der Waals surface area (Å²) in [4.78, 5) is 3.80. The number of hydrogen-bond donors (Lipinski definition) is 3. The van der Waals surface area contributed by atoms with Crippen molar-refractivity contribution in [1.29, 1.82) is 0 Å². The quantitative estimate of drug-likeness (QED) is 0.140. The third kappa shape index (κ3) is 8.40. The fourth-order valence-corrected chi connectivity index (χ4v) is 4.55. The van der Waals surface area contributed by atoms with Gasteiger partial charge in [-0.15, -0.1) is 5.53 Å². The molecule has 1 atom stereocenters. The van der Waals surface area contributed by atoms with Gasteiger partial charge in [0.2, 0.25) is 0 Å². The minimum absolute atomic E-state index is 0.164. The van der Waals surface area contributed by atoms with Crippen LogP contribution in [-0.4, -0.2) is 40.8 Å². The van der Waals surface area contributed by atoms with E-state index in [4.69, 9.17) is 4.74 Å². The maximum Gasteiger partial charge on any atom is 0.411 e. The summed E-state index contributed by atoms with van der Waals surface area (Å²) in [6.07, 6.45) is -2.23. The Hall–Kier alpha value is -5.17.